The van der Waals surface area contributed by atoms with E-state index in [9.17, 15) is 4.79 Å². The molecule has 2 aromatic rings. The highest BCUT2D eigenvalue weighted by atomic mass is 35.5. The van der Waals surface area contributed by atoms with E-state index in [0.29, 0.717) is 5.02 Å². The third-order valence-corrected chi connectivity index (χ3v) is 4.69. The van der Waals surface area contributed by atoms with E-state index in [1.54, 1.807) is 0 Å². The molecule has 5 heteroatoms. The number of ether oxygens (including phenoxy) is 2. The van der Waals surface area contributed by atoms with Crippen molar-refractivity contribution in [1.82, 2.24) is 5.32 Å². The molecule has 0 aromatic heterocycles. The Labute approximate surface area is 153 Å². The average Bonchev–Trinajstić information content (AvgIpc) is 3.04. The van der Waals surface area contributed by atoms with E-state index in [0.717, 1.165) is 22.6 Å². The van der Waals surface area contributed by atoms with Crippen molar-refractivity contribution in [3.05, 3.63) is 58.6 Å². The largest absolute Gasteiger partial charge is 0.454 e. The molecule has 0 spiro atoms. The summed E-state index contributed by atoms with van der Waals surface area (Å²) in [5, 5.41) is 3.78. The van der Waals surface area contributed by atoms with Crippen LogP contribution in [0, 0.1) is 5.92 Å². The van der Waals surface area contributed by atoms with Crippen molar-refractivity contribution in [2.24, 2.45) is 5.92 Å². The molecule has 1 aliphatic rings. The van der Waals surface area contributed by atoms with Crippen molar-refractivity contribution in [3.8, 4) is 11.5 Å². The van der Waals surface area contributed by atoms with Gasteiger partial charge in [-0.2, -0.15) is 0 Å². The number of halogens is 1. The lowest BCUT2D eigenvalue weighted by molar-refractivity contribution is -0.124. The fraction of sp³-hybridized carbons (Fsp3) is 0.350. The first-order valence-corrected chi connectivity index (χ1v) is 8.79. The average molecular weight is 360 g/mol. The maximum atomic E-state index is 12.9. The number of benzene rings is 2. The Morgan fingerprint density at radius 1 is 1.00 bits per heavy atom. The lowest BCUT2D eigenvalue weighted by Gasteiger charge is -2.24. The van der Waals surface area contributed by atoms with Crippen molar-refractivity contribution < 1.29 is 14.3 Å². The van der Waals surface area contributed by atoms with Gasteiger partial charge in [0.05, 0.1) is 12.0 Å². The fourth-order valence-electron chi connectivity index (χ4n) is 3.08. The predicted octanol–water partition coefficient (Wildman–Crippen LogP) is 4.69. The van der Waals surface area contributed by atoms with Gasteiger partial charge in [-0.3, -0.25) is 4.79 Å². The fourth-order valence-corrected chi connectivity index (χ4v) is 3.20. The second kappa shape index (κ2) is 7.36. The van der Waals surface area contributed by atoms with Crippen LogP contribution in [-0.2, 0) is 4.79 Å². The molecule has 1 aliphatic heterocycles. The molecule has 0 unspecified atom stereocenters. The Hall–Kier alpha value is -2.20. The van der Waals surface area contributed by atoms with E-state index < -0.39 is 0 Å². The summed E-state index contributed by atoms with van der Waals surface area (Å²) in [5.74, 6) is 1.40. The Bertz CT molecular complexity index is 758. The van der Waals surface area contributed by atoms with Crippen LogP contribution in [0.2, 0.25) is 5.02 Å². The van der Waals surface area contributed by atoms with E-state index >= 15 is 0 Å². The lowest BCUT2D eigenvalue weighted by Crippen LogP contribution is -2.34. The number of nitrogens with one attached hydrogen (secondary N) is 1. The topological polar surface area (TPSA) is 47.6 Å². The van der Waals surface area contributed by atoms with Crippen molar-refractivity contribution >= 4 is 17.5 Å². The molecule has 2 atom stereocenters. The van der Waals surface area contributed by atoms with Crippen LogP contribution in [0.1, 0.15) is 43.9 Å². The van der Waals surface area contributed by atoms with Crippen molar-refractivity contribution in [2.75, 3.05) is 6.79 Å². The Balaban J connectivity index is 1.75. The molecule has 1 N–H and O–H groups in total. The minimum Gasteiger partial charge on any atom is -0.454 e. The summed E-state index contributed by atoms with van der Waals surface area (Å²) in [6.45, 7) is 6.30. The smallest absolute Gasteiger partial charge is 0.231 e. The van der Waals surface area contributed by atoms with Crippen molar-refractivity contribution in [2.45, 2.75) is 32.7 Å². The summed E-state index contributed by atoms with van der Waals surface area (Å²) in [4.78, 5) is 12.9. The number of amides is 1. The SMILES string of the molecule is CC(C)[C@H](C(=O)N[C@H](C)c1ccc2c(c1)OCO2)c1ccc(Cl)cc1. The van der Waals surface area contributed by atoms with Crippen LogP contribution in [0.5, 0.6) is 11.5 Å². The second-order valence-corrected chi connectivity index (χ2v) is 7.05. The van der Waals surface area contributed by atoms with E-state index in [4.69, 9.17) is 21.1 Å². The molecule has 1 amide bonds. The van der Waals surface area contributed by atoms with Crippen molar-refractivity contribution in [1.29, 1.82) is 0 Å². The molecular weight excluding hydrogens is 338 g/mol. The first kappa shape index (κ1) is 17.6. The number of rotatable bonds is 5. The summed E-state index contributed by atoms with van der Waals surface area (Å²) < 4.78 is 10.7. The minimum atomic E-state index is -0.228. The minimum absolute atomic E-state index is 0.00230. The molecule has 25 heavy (non-hydrogen) atoms. The molecule has 2 aromatic carbocycles. The summed E-state index contributed by atoms with van der Waals surface area (Å²) in [7, 11) is 0. The molecule has 132 valence electrons. The van der Waals surface area contributed by atoms with E-state index in [2.05, 4.69) is 5.32 Å². The highest BCUT2D eigenvalue weighted by molar-refractivity contribution is 6.30. The number of hydrogen-bond donors (Lipinski definition) is 1. The van der Waals surface area contributed by atoms with E-state index in [1.165, 1.54) is 0 Å². The van der Waals surface area contributed by atoms with Gasteiger partial charge < -0.3 is 14.8 Å². The van der Waals surface area contributed by atoms with E-state index in [-0.39, 0.29) is 30.6 Å². The first-order chi connectivity index (χ1) is 12.0. The lowest BCUT2D eigenvalue weighted by atomic mass is 9.87. The molecule has 0 bridgehead atoms. The molecule has 0 saturated carbocycles. The molecule has 0 radical (unpaired) electrons. The monoisotopic (exact) mass is 359 g/mol. The summed E-state index contributed by atoms with van der Waals surface area (Å²) >= 11 is 5.96. The van der Waals surface area contributed by atoms with Gasteiger partial charge in [0, 0.05) is 5.02 Å². The number of carbonyl (C=O) groups excluding carboxylic acids is 1. The third kappa shape index (κ3) is 3.90. The van der Waals surface area contributed by atoms with Gasteiger partial charge in [-0.1, -0.05) is 43.6 Å². The number of fused-ring (bicyclic) bond motifs is 1. The van der Waals surface area contributed by atoms with Crippen LogP contribution in [0.15, 0.2) is 42.5 Å². The first-order valence-electron chi connectivity index (χ1n) is 8.41. The van der Waals surface area contributed by atoms with E-state index in [1.807, 2.05) is 63.2 Å². The maximum absolute atomic E-state index is 12.9. The summed E-state index contributed by atoms with van der Waals surface area (Å²) in [5.41, 5.74) is 1.95. The molecule has 3 rings (SSSR count). The van der Waals surface area contributed by atoms with Crippen LogP contribution >= 0.6 is 11.6 Å². The maximum Gasteiger partial charge on any atom is 0.231 e. The highest BCUT2D eigenvalue weighted by Crippen LogP contribution is 2.34. The molecular formula is C20H22ClNO3. The van der Waals surface area contributed by atoms with Crippen LogP contribution < -0.4 is 14.8 Å². The van der Waals surface area contributed by atoms with Gasteiger partial charge in [-0.05, 0) is 48.2 Å². The second-order valence-electron chi connectivity index (χ2n) is 6.62. The predicted molar refractivity (Wildman–Crippen MR) is 98.2 cm³/mol. The third-order valence-electron chi connectivity index (χ3n) is 4.43. The van der Waals surface area contributed by atoms with Gasteiger partial charge in [-0.15, -0.1) is 0 Å². The summed E-state index contributed by atoms with van der Waals surface area (Å²) in [6, 6.07) is 13.1. The van der Waals surface area contributed by atoms with Gasteiger partial charge >= 0.3 is 0 Å². The van der Waals surface area contributed by atoms with Gasteiger partial charge in [0.25, 0.3) is 0 Å². The quantitative estimate of drug-likeness (QED) is 0.842. The molecule has 4 nitrogen and oxygen atoms in total. The summed E-state index contributed by atoms with van der Waals surface area (Å²) in [6.07, 6.45) is 0. The van der Waals surface area contributed by atoms with Crippen molar-refractivity contribution in [3.63, 3.8) is 0 Å². The van der Waals surface area contributed by atoms with Gasteiger partial charge in [0.2, 0.25) is 12.7 Å². The van der Waals surface area contributed by atoms with Gasteiger partial charge in [0.1, 0.15) is 0 Å². The zero-order chi connectivity index (χ0) is 18.0. The molecule has 0 saturated heterocycles. The molecule has 1 heterocycles. The normalized spacial score (nSPS) is 15.1. The van der Waals surface area contributed by atoms with Crippen LogP contribution in [0.25, 0.3) is 0 Å². The van der Waals surface area contributed by atoms with Gasteiger partial charge in [0.15, 0.2) is 11.5 Å². The number of carbonyl (C=O) groups is 1. The Morgan fingerprint density at radius 2 is 1.64 bits per heavy atom. The van der Waals surface area contributed by atoms with Crippen LogP contribution in [0.4, 0.5) is 0 Å². The Morgan fingerprint density at radius 3 is 2.32 bits per heavy atom. The zero-order valence-electron chi connectivity index (χ0n) is 14.6. The molecule has 0 aliphatic carbocycles. The number of hydrogen-bond acceptors (Lipinski definition) is 3. The van der Waals surface area contributed by atoms with Crippen LogP contribution in [-0.4, -0.2) is 12.7 Å². The van der Waals surface area contributed by atoms with Crippen LogP contribution in [0.3, 0.4) is 0 Å². The standard InChI is InChI=1S/C20H22ClNO3/c1-12(2)19(14-4-7-16(21)8-5-14)20(23)22-13(3)15-6-9-17-18(10-15)25-11-24-17/h4-10,12-13,19H,11H2,1-3H3,(H,22,23)/t13-,19+/m1/s1. The zero-order valence-corrected chi connectivity index (χ0v) is 15.3. The highest BCUT2D eigenvalue weighted by Gasteiger charge is 2.26. The molecule has 0 fully saturated rings. The van der Waals surface area contributed by atoms with Gasteiger partial charge in [-0.25, -0.2) is 0 Å². The Kier molecular flexibility index (Phi) is 5.19.